The van der Waals surface area contributed by atoms with E-state index in [4.69, 9.17) is 22.1 Å². The van der Waals surface area contributed by atoms with Crippen LogP contribution in [0.15, 0.2) is 18.3 Å². The summed E-state index contributed by atoms with van der Waals surface area (Å²) >= 11 is 5.77. The van der Waals surface area contributed by atoms with Gasteiger partial charge in [0.05, 0.1) is 12.1 Å². The molecule has 0 aliphatic heterocycles. The maximum Gasteiger partial charge on any atom is 0.221 e. The van der Waals surface area contributed by atoms with Gasteiger partial charge < -0.3 is 10.5 Å². The highest BCUT2D eigenvalue weighted by Gasteiger charge is 2.01. The van der Waals surface area contributed by atoms with E-state index in [1.54, 1.807) is 18.2 Å². The summed E-state index contributed by atoms with van der Waals surface area (Å²) in [5, 5.41) is 0.509. The molecule has 0 bridgehead atoms. The molecule has 0 aliphatic carbocycles. The van der Waals surface area contributed by atoms with Crippen LogP contribution in [0, 0.1) is 0 Å². The predicted octanol–water partition coefficient (Wildman–Crippen LogP) is 1.63. The smallest absolute Gasteiger partial charge is 0.221 e. The van der Waals surface area contributed by atoms with Crippen LogP contribution in [-0.4, -0.2) is 18.0 Å². The van der Waals surface area contributed by atoms with Gasteiger partial charge in [-0.3, -0.25) is 4.79 Å². The Kier molecular flexibility index (Phi) is 4.12. The van der Waals surface area contributed by atoms with Crippen LogP contribution >= 0.6 is 11.6 Å². The summed E-state index contributed by atoms with van der Waals surface area (Å²) < 4.78 is 5.02. The van der Waals surface area contributed by atoms with Crippen molar-refractivity contribution in [2.75, 3.05) is 7.11 Å². The summed E-state index contributed by atoms with van der Waals surface area (Å²) in [7, 11) is 1.52. The molecule has 1 aromatic rings. The van der Waals surface area contributed by atoms with E-state index < -0.39 is 0 Å². The number of carbonyl (C=O) groups excluding carboxylic acids is 1. The Bertz CT molecular complexity index is 391. The van der Waals surface area contributed by atoms with Crippen molar-refractivity contribution >= 4 is 23.6 Å². The lowest BCUT2D eigenvalue weighted by molar-refractivity contribution is -0.117. The first-order valence-corrected chi connectivity index (χ1v) is 4.65. The lowest BCUT2D eigenvalue weighted by atomic mass is 10.2. The third-order valence-corrected chi connectivity index (χ3v) is 1.86. The molecule has 2 N–H and O–H groups in total. The summed E-state index contributed by atoms with van der Waals surface area (Å²) in [5.41, 5.74) is 5.71. The fourth-order valence-corrected chi connectivity index (χ4v) is 1.20. The molecule has 5 heteroatoms. The Balaban J connectivity index is 2.87. The number of hydrogen-bond donors (Lipinski definition) is 1. The Morgan fingerprint density at radius 3 is 3.07 bits per heavy atom. The molecule has 0 unspecified atom stereocenters. The van der Waals surface area contributed by atoms with Crippen molar-refractivity contribution in [3.8, 4) is 5.88 Å². The van der Waals surface area contributed by atoms with Crippen LogP contribution in [0.3, 0.4) is 0 Å². The van der Waals surface area contributed by atoms with Gasteiger partial charge in [-0.25, -0.2) is 4.98 Å². The molecule has 1 heterocycles. The number of nitrogens with zero attached hydrogens (tertiary/aromatic N) is 1. The second-order valence-electron chi connectivity index (χ2n) is 2.82. The van der Waals surface area contributed by atoms with Crippen LogP contribution in [0.2, 0.25) is 5.02 Å². The number of methoxy groups -OCH3 is 1. The number of pyridine rings is 1. The molecule has 1 rings (SSSR count). The molecule has 4 nitrogen and oxygen atoms in total. The first kappa shape index (κ1) is 11.5. The van der Waals surface area contributed by atoms with Crippen molar-refractivity contribution in [2.45, 2.75) is 6.42 Å². The Labute approximate surface area is 92.7 Å². The molecule has 0 saturated carbocycles. The fraction of sp³-hybridized carbons (Fsp3) is 0.200. The SMILES string of the molecule is COc1ncc(Cl)cc1C=CCC(N)=O. The molecular weight excluding hydrogens is 216 g/mol. The van der Waals surface area contributed by atoms with Crippen LogP contribution in [0.25, 0.3) is 6.08 Å². The normalized spacial score (nSPS) is 10.5. The van der Waals surface area contributed by atoms with Gasteiger partial charge in [0.2, 0.25) is 11.8 Å². The molecule has 1 aromatic heterocycles. The molecule has 0 fully saturated rings. The van der Waals surface area contributed by atoms with Gasteiger partial charge in [-0.05, 0) is 6.07 Å². The van der Waals surface area contributed by atoms with E-state index in [2.05, 4.69) is 4.98 Å². The molecule has 0 saturated heterocycles. The van der Waals surface area contributed by atoms with Crippen molar-refractivity contribution in [1.29, 1.82) is 0 Å². The largest absolute Gasteiger partial charge is 0.481 e. The third-order valence-electron chi connectivity index (χ3n) is 1.66. The first-order chi connectivity index (χ1) is 7.13. The van der Waals surface area contributed by atoms with E-state index >= 15 is 0 Å². The summed E-state index contributed by atoms with van der Waals surface area (Å²) in [4.78, 5) is 14.5. The van der Waals surface area contributed by atoms with Crippen molar-refractivity contribution in [2.24, 2.45) is 5.73 Å². The van der Waals surface area contributed by atoms with Gasteiger partial charge in [-0.15, -0.1) is 0 Å². The minimum Gasteiger partial charge on any atom is -0.481 e. The molecule has 0 spiro atoms. The van der Waals surface area contributed by atoms with Crippen molar-refractivity contribution in [3.63, 3.8) is 0 Å². The number of primary amides is 1. The van der Waals surface area contributed by atoms with E-state index in [1.807, 2.05) is 0 Å². The minimum atomic E-state index is -0.389. The van der Waals surface area contributed by atoms with Crippen molar-refractivity contribution in [3.05, 3.63) is 28.9 Å². The van der Waals surface area contributed by atoms with E-state index in [-0.39, 0.29) is 12.3 Å². The number of ether oxygens (including phenoxy) is 1. The highest BCUT2D eigenvalue weighted by Crippen LogP contribution is 2.20. The van der Waals surface area contributed by atoms with E-state index in [0.29, 0.717) is 16.5 Å². The summed E-state index contributed by atoms with van der Waals surface area (Å²) in [6.07, 6.45) is 5.00. The predicted molar refractivity (Wildman–Crippen MR) is 58.6 cm³/mol. The molecular formula is C10H11ClN2O2. The van der Waals surface area contributed by atoms with Crippen molar-refractivity contribution < 1.29 is 9.53 Å². The lowest BCUT2D eigenvalue weighted by Gasteiger charge is -2.02. The Hall–Kier alpha value is -1.55. The third kappa shape index (κ3) is 3.59. The van der Waals surface area contributed by atoms with Crippen LogP contribution in [0.4, 0.5) is 0 Å². The average molecular weight is 227 g/mol. The highest BCUT2D eigenvalue weighted by molar-refractivity contribution is 6.30. The van der Waals surface area contributed by atoms with Crippen molar-refractivity contribution in [1.82, 2.24) is 4.98 Å². The topological polar surface area (TPSA) is 65.2 Å². The van der Waals surface area contributed by atoms with Crippen LogP contribution in [0.1, 0.15) is 12.0 Å². The van der Waals surface area contributed by atoms with Crippen LogP contribution in [0.5, 0.6) is 5.88 Å². The molecule has 0 aliphatic rings. The maximum absolute atomic E-state index is 10.5. The highest BCUT2D eigenvalue weighted by atomic mass is 35.5. The zero-order valence-corrected chi connectivity index (χ0v) is 8.99. The zero-order chi connectivity index (χ0) is 11.3. The summed E-state index contributed by atoms with van der Waals surface area (Å²) in [6.45, 7) is 0. The Morgan fingerprint density at radius 1 is 1.73 bits per heavy atom. The molecule has 0 atom stereocenters. The number of carbonyl (C=O) groups is 1. The van der Waals surface area contributed by atoms with E-state index in [1.165, 1.54) is 13.3 Å². The summed E-state index contributed by atoms with van der Waals surface area (Å²) in [5.74, 6) is 0.0697. The molecule has 1 amide bonds. The van der Waals surface area contributed by atoms with Gasteiger partial charge in [0, 0.05) is 18.2 Å². The van der Waals surface area contributed by atoms with Gasteiger partial charge in [0.15, 0.2) is 0 Å². The fourth-order valence-electron chi connectivity index (χ4n) is 1.03. The van der Waals surface area contributed by atoms with Gasteiger partial charge in [-0.1, -0.05) is 23.8 Å². The molecule has 0 radical (unpaired) electrons. The zero-order valence-electron chi connectivity index (χ0n) is 8.24. The van der Waals surface area contributed by atoms with Gasteiger partial charge in [-0.2, -0.15) is 0 Å². The monoisotopic (exact) mass is 226 g/mol. The van der Waals surface area contributed by atoms with Gasteiger partial charge in [0.25, 0.3) is 0 Å². The number of rotatable bonds is 4. The second kappa shape index (κ2) is 5.36. The number of hydrogen-bond acceptors (Lipinski definition) is 3. The number of amides is 1. The number of nitrogens with two attached hydrogens (primary N) is 1. The molecule has 15 heavy (non-hydrogen) atoms. The molecule has 0 aromatic carbocycles. The second-order valence-corrected chi connectivity index (χ2v) is 3.26. The quantitative estimate of drug-likeness (QED) is 0.849. The lowest BCUT2D eigenvalue weighted by Crippen LogP contribution is -2.07. The van der Waals surface area contributed by atoms with E-state index in [0.717, 1.165) is 0 Å². The standard InChI is InChI=1S/C10H11ClN2O2/c1-15-10-7(3-2-4-9(12)14)5-8(11)6-13-10/h2-3,5-6H,4H2,1H3,(H2,12,14). The summed E-state index contributed by atoms with van der Waals surface area (Å²) in [6, 6.07) is 1.70. The average Bonchev–Trinajstić information content (AvgIpc) is 2.17. The van der Waals surface area contributed by atoms with E-state index in [9.17, 15) is 4.79 Å². The van der Waals surface area contributed by atoms with Gasteiger partial charge in [0.1, 0.15) is 0 Å². The van der Waals surface area contributed by atoms with Gasteiger partial charge >= 0.3 is 0 Å². The number of aromatic nitrogens is 1. The number of halogens is 1. The minimum absolute atomic E-state index is 0.176. The maximum atomic E-state index is 10.5. The van der Waals surface area contributed by atoms with Crippen LogP contribution in [-0.2, 0) is 4.79 Å². The first-order valence-electron chi connectivity index (χ1n) is 4.28. The Morgan fingerprint density at radius 2 is 2.47 bits per heavy atom. The van der Waals surface area contributed by atoms with Crippen LogP contribution < -0.4 is 10.5 Å². The molecule has 80 valence electrons.